The van der Waals surface area contributed by atoms with E-state index in [0.29, 0.717) is 11.3 Å². The van der Waals surface area contributed by atoms with Crippen LogP contribution >= 0.6 is 11.8 Å². The molecule has 7 heteroatoms. The molecule has 1 aromatic rings. The number of thioether (sulfide) groups is 1. The number of carboxylic acid groups (broad SMARTS) is 2. The molecule has 0 radical (unpaired) electrons. The predicted octanol–water partition coefficient (Wildman–Crippen LogP) is 5.97. The number of allylic oxidation sites excluding steroid dienone is 5. The molecule has 1 rings (SSSR count). The maximum atomic E-state index is 12.7. The van der Waals surface area contributed by atoms with Gasteiger partial charge in [0.2, 0.25) is 5.91 Å². The molecule has 2 atom stereocenters. The summed E-state index contributed by atoms with van der Waals surface area (Å²) in [6, 6.07) is 7.47. The minimum Gasteiger partial charge on any atom is -0.481 e. The first-order valence-corrected chi connectivity index (χ1v) is 13.1. The van der Waals surface area contributed by atoms with E-state index in [1.165, 1.54) is 28.5 Å². The molecule has 0 aliphatic carbocycles. The second kappa shape index (κ2) is 16.8. The summed E-state index contributed by atoms with van der Waals surface area (Å²) in [5.41, 5.74) is 4.52. The van der Waals surface area contributed by atoms with Crippen molar-refractivity contribution in [1.82, 2.24) is 5.32 Å². The topological polar surface area (TPSA) is 104 Å². The van der Waals surface area contributed by atoms with Crippen molar-refractivity contribution in [2.75, 3.05) is 11.5 Å². The van der Waals surface area contributed by atoms with Gasteiger partial charge in [-0.3, -0.25) is 9.59 Å². The zero-order valence-corrected chi connectivity index (χ0v) is 22.1. The fourth-order valence-electron chi connectivity index (χ4n) is 3.39. The average molecular weight is 502 g/mol. The highest BCUT2D eigenvalue weighted by Crippen LogP contribution is 2.20. The van der Waals surface area contributed by atoms with Crippen LogP contribution in [0.3, 0.4) is 0 Å². The van der Waals surface area contributed by atoms with Gasteiger partial charge in [-0.1, -0.05) is 65.3 Å². The van der Waals surface area contributed by atoms with E-state index in [0.717, 1.165) is 25.7 Å². The highest BCUT2D eigenvalue weighted by molar-refractivity contribution is 7.99. The third kappa shape index (κ3) is 13.6. The smallest absolute Gasteiger partial charge is 0.327 e. The molecule has 192 valence electrons. The van der Waals surface area contributed by atoms with Gasteiger partial charge in [0.25, 0.3) is 0 Å². The summed E-state index contributed by atoms with van der Waals surface area (Å²) in [7, 11) is 0. The van der Waals surface area contributed by atoms with Crippen LogP contribution in [-0.4, -0.2) is 45.6 Å². The Morgan fingerprint density at radius 3 is 2.09 bits per heavy atom. The highest BCUT2D eigenvalue weighted by Gasteiger charge is 2.28. The van der Waals surface area contributed by atoms with E-state index in [-0.39, 0.29) is 5.75 Å². The minimum absolute atomic E-state index is 0.197. The lowest BCUT2D eigenvalue weighted by Crippen LogP contribution is -2.45. The van der Waals surface area contributed by atoms with Crippen LogP contribution in [0.15, 0.2) is 65.3 Å². The summed E-state index contributed by atoms with van der Waals surface area (Å²) in [6.45, 7) is 8.45. The summed E-state index contributed by atoms with van der Waals surface area (Å²) in [6.07, 6.45) is 10.3. The molecule has 1 aromatic carbocycles. The molecule has 35 heavy (non-hydrogen) atoms. The summed E-state index contributed by atoms with van der Waals surface area (Å²) >= 11 is 1.42. The first-order valence-electron chi connectivity index (χ1n) is 11.9. The number of hydrogen-bond donors (Lipinski definition) is 3. The maximum absolute atomic E-state index is 12.7. The molecule has 1 unspecified atom stereocenters. The van der Waals surface area contributed by atoms with E-state index in [4.69, 9.17) is 0 Å². The molecule has 0 saturated carbocycles. The van der Waals surface area contributed by atoms with Crippen molar-refractivity contribution in [3.8, 4) is 0 Å². The first-order chi connectivity index (χ1) is 16.6. The van der Waals surface area contributed by atoms with E-state index in [1.807, 2.05) is 0 Å². The van der Waals surface area contributed by atoms with Crippen LogP contribution in [0, 0.1) is 0 Å². The number of benzene rings is 1. The van der Waals surface area contributed by atoms with Crippen LogP contribution < -0.4 is 5.32 Å². The summed E-state index contributed by atoms with van der Waals surface area (Å²) in [5, 5.41) is 21.3. The molecule has 1 amide bonds. The van der Waals surface area contributed by atoms with E-state index >= 15 is 0 Å². The van der Waals surface area contributed by atoms with Crippen molar-refractivity contribution in [3.05, 3.63) is 70.8 Å². The largest absolute Gasteiger partial charge is 0.481 e. The van der Waals surface area contributed by atoms with Crippen LogP contribution in [0.25, 0.3) is 0 Å². The van der Waals surface area contributed by atoms with Crippen molar-refractivity contribution < 1.29 is 24.6 Å². The van der Waals surface area contributed by atoms with E-state index in [1.54, 1.807) is 30.3 Å². The van der Waals surface area contributed by atoms with Gasteiger partial charge in [-0.15, -0.1) is 0 Å². The third-order valence-corrected chi connectivity index (χ3v) is 6.44. The van der Waals surface area contributed by atoms with Crippen LogP contribution in [0.1, 0.15) is 71.3 Å². The van der Waals surface area contributed by atoms with E-state index < -0.39 is 36.2 Å². The second-order valence-corrected chi connectivity index (χ2v) is 10.0. The molecular weight excluding hydrogens is 462 g/mol. The number of nitrogens with one attached hydrogen (secondary N) is 1. The average Bonchev–Trinajstić information content (AvgIpc) is 2.79. The molecular formula is C28H39NO5S. The molecule has 0 aliphatic heterocycles. The van der Waals surface area contributed by atoms with E-state index in [2.05, 4.69) is 51.2 Å². The number of carbonyl (C=O) groups is 3. The standard InChI is InChI=1S/C28H39NO5S/c1-20(2)10-8-11-21(3)12-9-13-22(4)16-17-35-19-25(28(33)34)29-27(32)24(18-26(30)31)23-14-6-5-7-15-23/h5-7,10,12,14-16,24-25H,8-9,11,13,17-19H2,1-4H3,(H,29,32)(H,30,31)(H,33,34)/b21-12+,22-16+/t24?,25-/m0/s1. The Bertz CT molecular complexity index is 917. The van der Waals surface area contributed by atoms with Crippen LogP contribution in [-0.2, 0) is 14.4 Å². The summed E-state index contributed by atoms with van der Waals surface area (Å²) in [4.78, 5) is 35.7. The van der Waals surface area contributed by atoms with Crippen molar-refractivity contribution in [3.63, 3.8) is 0 Å². The lowest BCUT2D eigenvalue weighted by molar-refractivity contribution is -0.142. The Morgan fingerprint density at radius 1 is 0.914 bits per heavy atom. The van der Waals surface area contributed by atoms with Crippen LogP contribution in [0.4, 0.5) is 0 Å². The lowest BCUT2D eigenvalue weighted by Gasteiger charge is -2.19. The van der Waals surface area contributed by atoms with Crippen LogP contribution in [0.5, 0.6) is 0 Å². The van der Waals surface area contributed by atoms with Gasteiger partial charge in [-0.05, 0) is 58.9 Å². The quantitative estimate of drug-likeness (QED) is 0.191. The maximum Gasteiger partial charge on any atom is 0.327 e. The van der Waals surface area contributed by atoms with Crippen molar-refractivity contribution >= 4 is 29.6 Å². The molecule has 3 N–H and O–H groups in total. The van der Waals surface area contributed by atoms with Gasteiger partial charge in [0.05, 0.1) is 12.3 Å². The number of rotatable bonds is 16. The Balaban J connectivity index is 2.54. The Kier molecular flexibility index (Phi) is 14.5. The fourth-order valence-corrected chi connectivity index (χ4v) is 4.39. The zero-order chi connectivity index (χ0) is 26.2. The monoisotopic (exact) mass is 501 g/mol. The molecule has 0 fully saturated rings. The molecule has 0 spiro atoms. The Hall–Kier alpha value is -2.80. The number of hydrogen-bond acceptors (Lipinski definition) is 4. The number of aliphatic carboxylic acids is 2. The van der Waals surface area contributed by atoms with Gasteiger partial charge in [0.1, 0.15) is 6.04 Å². The first kappa shape index (κ1) is 30.2. The summed E-state index contributed by atoms with van der Waals surface area (Å²) in [5.74, 6) is -2.95. The van der Waals surface area contributed by atoms with Gasteiger partial charge >= 0.3 is 11.9 Å². The minimum atomic E-state index is -1.14. The number of carboxylic acids is 2. The van der Waals surface area contributed by atoms with Gasteiger partial charge in [-0.2, -0.15) is 11.8 Å². The Morgan fingerprint density at radius 2 is 1.51 bits per heavy atom. The number of carbonyl (C=O) groups excluding carboxylic acids is 1. The molecule has 0 saturated heterocycles. The van der Waals surface area contributed by atoms with Crippen molar-refractivity contribution in [2.45, 2.75) is 71.8 Å². The SMILES string of the molecule is CC(C)=CCC/C(C)=C/CC/C(C)=C/CSC[C@H](NC(=O)C(CC(=O)O)c1ccccc1)C(=O)O. The Labute approximate surface area is 213 Å². The zero-order valence-electron chi connectivity index (χ0n) is 21.3. The van der Waals surface area contributed by atoms with Crippen molar-refractivity contribution in [1.29, 1.82) is 0 Å². The van der Waals surface area contributed by atoms with Gasteiger partial charge in [-0.25, -0.2) is 4.79 Å². The summed E-state index contributed by atoms with van der Waals surface area (Å²) < 4.78 is 0. The van der Waals surface area contributed by atoms with E-state index in [9.17, 15) is 24.6 Å². The fraction of sp³-hybridized carbons (Fsp3) is 0.464. The highest BCUT2D eigenvalue weighted by atomic mass is 32.2. The molecule has 0 aliphatic rings. The van der Waals surface area contributed by atoms with Crippen LogP contribution in [0.2, 0.25) is 0 Å². The normalized spacial score (nSPS) is 13.6. The van der Waals surface area contributed by atoms with Crippen molar-refractivity contribution in [2.24, 2.45) is 0 Å². The second-order valence-electron chi connectivity index (χ2n) is 8.96. The molecule has 0 heterocycles. The van der Waals surface area contributed by atoms with Gasteiger partial charge in [0, 0.05) is 11.5 Å². The van der Waals surface area contributed by atoms with Gasteiger partial charge < -0.3 is 15.5 Å². The molecule has 0 aromatic heterocycles. The molecule has 6 nitrogen and oxygen atoms in total. The predicted molar refractivity (Wildman–Crippen MR) is 144 cm³/mol. The number of amides is 1. The molecule has 0 bridgehead atoms. The lowest BCUT2D eigenvalue weighted by atomic mass is 9.94. The van der Waals surface area contributed by atoms with Gasteiger partial charge in [0.15, 0.2) is 0 Å². The third-order valence-electron chi connectivity index (χ3n) is 5.47.